The summed E-state index contributed by atoms with van der Waals surface area (Å²) in [7, 11) is 2.19. The summed E-state index contributed by atoms with van der Waals surface area (Å²) in [4.78, 5) is 4.93. The third-order valence-corrected chi connectivity index (χ3v) is 8.19. The maximum atomic E-state index is 4.93. The lowest BCUT2D eigenvalue weighted by Crippen LogP contribution is -2.33. The minimum absolute atomic E-state index is 0.243. The van der Waals surface area contributed by atoms with Crippen LogP contribution in [0.4, 0.5) is 0 Å². The van der Waals surface area contributed by atoms with Crippen LogP contribution in [0.2, 0.25) is 0 Å². The minimum atomic E-state index is 0.243. The van der Waals surface area contributed by atoms with E-state index in [1.807, 2.05) is 0 Å². The van der Waals surface area contributed by atoms with Crippen molar-refractivity contribution in [1.29, 1.82) is 0 Å². The summed E-state index contributed by atoms with van der Waals surface area (Å²) >= 11 is 0. The van der Waals surface area contributed by atoms with Gasteiger partial charge in [0, 0.05) is 6.07 Å². The Labute approximate surface area is 237 Å². The molecule has 0 aliphatic carbocycles. The SMILES string of the molecule is Cc1cc(-c2c(C(C)C)cc(C(C)C)cc2C(C)C)cc(-c2cnc3ccc(CC(C)(C)C)cc3[n+]2C)c1C. The molecule has 1 heterocycles. The number of hydrogen-bond donors (Lipinski definition) is 0. The molecule has 0 aliphatic rings. The Kier molecular flexibility index (Phi) is 8.08. The molecule has 0 spiro atoms. The van der Waals surface area contributed by atoms with Crippen molar-refractivity contribution in [3.05, 3.63) is 82.0 Å². The molecule has 0 unspecified atom stereocenters. The lowest BCUT2D eigenvalue weighted by Gasteiger charge is -2.24. The molecule has 2 heteroatoms. The van der Waals surface area contributed by atoms with Crippen LogP contribution in [0.15, 0.2) is 48.7 Å². The molecule has 4 rings (SSSR count). The van der Waals surface area contributed by atoms with Crippen molar-refractivity contribution in [3.8, 4) is 22.4 Å². The summed E-state index contributed by atoms with van der Waals surface area (Å²) in [6.07, 6.45) is 3.11. The van der Waals surface area contributed by atoms with Gasteiger partial charge in [0.05, 0.1) is 5.56 Å². The molecule has 206 valence electrons. The molecule has 0 bridgehead atoms. The second-order valence-corrected chi connectivity index (χ2v) is 13.8. The van der Waals surface area contributed by atoms with Gasteiger partial charge in [0.25, 0.3) is 0 Å². The maximum absolute atomic E-state index is 4.93. The zero-order chi connectivity index (χ0) is 28.8. The van der Waals surface area contributed by atoms with Crippen LogP contribution < -0.4 is 4.57 Å². The Morgan fingerprint density at radius 1 is 0.795 bits per heavy atom. The standard InChI is InChI=1S/C37H49N2/c1-22(2)28-17-30(23(3)4)36(31(18-28)24(5)6)29-15-25(7)26(8)32(19-29)35-21-38-33-14-13-27(20-37(9,10)11)16-34(33)39(35)12/h13-19,21-24H,20H2,1-12H3/q+1. The van der Waals surface area contributed by atoms with Crippen molar-refractivity contribution >= 4 is 11.0 Å². The largest absolute Gasteiger partial charge is 0.243 e. The molecule has 0 radical (unpaired) electrons. The molecule has 0 fully saturated rings. The molecule has 4 aromatic rings. The van der Waals surface area contributed by atoms with Gasteiger partial charge >= 0.3 is 0 Å². The highest BCUT2D eigenvalue weighted by Gasteiger charge is 2.23. The first kappa shape index (κ1) is 29.0. The van der Waals surface area contributed by atoms with Crippen molar-refractivity contribution in [2.24, 2.45) is 12.5 Å². The third-order valence-electron chi connectivity index (χ3n) is 8.19. The van der Waals surface area contributed by atoms with E-state index in [1.165, 1.54) is 55.6 Å². The zero-order valence-corrected chi connectivity index (χ0v) is 26.5. The summed E-state index contributed by atoms with van der Waals surface area (Å²) in [5, 5.41) is 0. The van der Waals surface area contributed by atoms with Gasteiger partial charge < -0.3 is 0 Å². The van der Waals surface area contributed by atoms with Gasteiger partial charge in [-0.25, -0.2) is 4.98 Å². The Morgan fingerprint density at radius 3 is 1.95 bits per heavy atom. The van der Waals surface area contributed by atoms with Crippen LogP contribution in [0.5, 0.6) is 0 Å². The summed E-state index contributed by atoms with van der Waals surface area (Å²) in [5.74, 6) is 1.40. The Hall–Kier alpha value is -3.00. The number of aryl methyl sites for hydroxylation is 2. The summed E-state index contributed by atoms with van der Waals surface area (Å²) < 4.78 is 2.34. The van der Waals surface area contributed by atoms with E-state index in [1.54, 1.807) is 0 Å². The van der Waals surface area contributed by atoms with Crippen molar-refractivity contribution in [3.63, 3.8) is 0 Å². The highest BCUT2D eigenvalue weighted by atomic mass is 15.0. The number of benzene rings is 3. The van der Waals surface area contributed by atoms with E-state index in [-0.39, 0.29) is 5.41 Å². The number of fused-ring (bicyclic) bond motifs is 1. The van der Waals surface area contributed by atoms with Crippen molar-refractivity contribution in [1.82, 2.24) is 4.98 Å². The molecule has 1 aromatic heterocycles. The van der Waals surface area contributed by atoms with Crippen LogP contribution in [-0.2, 0) is 13.5 Å². The van der Waals surface area contributed by atoms with Crippen LogP contribution in [0.25, 0.3) is 33.4 Å². The van der Waals surface area contributed by atoms with E-state index in [0.29, 0.717) is 17.8 Å². The molecular weight excluding hydrogens is 472 g/mol. The van der Waals surface area contributed by atoms with E-state index in [9.17, 15) is 0 Å². The molecule has 0 aliphatic heterocycles. The van der Waals surface area contributed by atoms with Crippen molar-refractivity contribution < 1.29 is 4.57 Å². The second kappa shape index (κ2) is 10.9. The van der Waals surface area contributed by atoms with Crippen LogP contribution in [0.3, 0.4) is 0 Å². The molecule has 0 atom stereocenters. The quantitative estimate of drug-likeness (QED) is 0.231. The van der Waals surface area contributed by atoms with Gasteiger partial charge in [-0.05, 0) is 100 Å². The van der Waals surface area contributed by atoms with Gasteiger partial charge in [0.1, 0.15) is 18.8 Å². The molecule has 0 saturated heterocycles. The highest BCUT2D eigenvalue weighted by molar-refractivity contribution is 5.80. The average Bonchev–Trinajstić information content (AvgIpc) is 2.84. The van der Waals surface area contributed by atoms with Gasteiger partial charge in [0.15, 0.2) is 0 Å². The molecular formula is C37H49N2+. The second-order valence-electron chi connectivity index (χ2n) is 13.8. The molecule has 0 N–H and O–H groups in total. The molecule has 0 saturated carbocycles. The maximum Gasteiger partial charge on any atom is 0.231 e. The summed E-state index contributed by atoms with van der Waals surface area (Å²) in [6.45, 7) is 25.3. The van der Waals surface area contributed by atoms with Gasteiger partial charge in [-0.2, -0.15) is 4.57 Å². The first-order chi connectivity index (χ1) is 18.2. The van der Waals surface area contributed by atoms with Gasteiger partial charge in [0.2, 0.25) is 11.2 Å². The van der Waals surface area contributed by atoms with E-state index in [4.69, 9.17) is 4.98 Å². The lowest BCUT2D eigenvalue weighted by molar-refractivity contribution is -0.634. The van der Waals surface area contributed by atoms with Crippen LogP contribution in [0.1, 0.15) is 113 Å². The fourth-order valence-corrected chi connectivity index (χ4v) is 5.83. The fraction of sp³-hybridized carbons (Fsp3) is 0.459. The van der Waals surface area contributed by atoms with E-state index in [2.05, 4.69) is 136 Å². The van der Waals surface area contributed by atoms with E-state index < -0.39 is 0 Å². The van der Waals surface area contributed by atoms with Crippen LogP contribution >= 0.6 is 0 Å². The number of hydrogen-bond acceptors (Lipinski definition) is 1. The predicted octanol–water partition coefficient (Wildman–Crippen LogP) is 9.97. The summed E-state index contributed by atoms with van der Waals surface area (Å²) in [5.41, 5.74) is 16.0. The van der Waals surface area contributed by atoms with Crippen LogP contribution in [-0.4, -0.2) is 4.98 Å². The molecule has 0 amide bonds. The molecule has 3 aromatic carbocycles. The van der Waals surface area contributed by atoms with Crippen molar-refractivity contribution in [2.45, 2.75) is 100 Å². The van der Waals surface area contributed by atoms with Gasteiger partial charge in [-0.15, -0.1) is 0 Å². The fourth-order valence-electron chi connectivity index (χ4n) is 5.83. The monoisotopic (exact) mass is 521 g/mol. The van der Waals surface area contributed by atoms with Crippen molar-refractivity contribution in [2.75, 3.05) is 0 Å². The van der Waals surface area contributed by atoms with E-state index in [0.717, 1.165) is 17.6 Å². The molecule has 2 nitrogen and oxygen atoms in total. The number of aromatic nitrogens is 2. The first-order valence-corrected chi connectivity index (χ1v) is 14.7. The van der Waals surface area contributed by atoms with Crippen LogP contribution in [0, 0.1) is 19.3 Å². The number of nitrogens with zero attached hydrogens (tertiary/aromatic N) is 2. The van der Waals surface area contributed by atoms with E-state index >= 15 is 0 Å². The normalized spacial score (nSPS) is 12.4. The smallest absolute Gasteiger partial charge is 0.231 e. The average molecular weight is 522 g/mol. The molecule has 39 heavy (non-hydrogen) atoms. The lowest BCUT2D eigenvalue weighted by atomic mass is 9.80. The number of rotatable bonds is 6. The summed E-state index contributed by atoms with van der Waals surface area (Å²) in [6, 6.07) is 16.5. The minimum Gasteiger partial charge on any atom is -0.243 e. The predicted molar refractivity (Wildman–Crippen MR) is 169 cm³/mol. The van der Waals surface area contributed by atoms with Gasteiger partial charge in [-0.3, -0.25) is 0 Å². The topological polar surface area (TPSA) is 16.8 Å². The Bertz CT molecular complexity index is 1480. The Morgan fingerprint density at radius 2 is 1.41 bits per heavy atom. The van der Waals surface area contributed by atoms with Gasteiger partial charge in [-0.1, -0.05) is 86.6 Å². The zero-order valence-electron chi connectivity index (χ0n) is 26.5. The highest BCUT2D eigenvalue weighted by Crippen LogP contribution is 2.41. The third kappa shape index (κ3) is 5.96. The first-order valence-electron chi connectivity index (χ1n) is 14.7. The Balaban J connectivity index is 1.98.